The standard InChI is InChI=1S/C17H26BBrN2O6/c1-9(20-14(22)15(2,3)4)21-17(24,25)16(18,23)10-7-13(27-6)11(19)8-12(10)26-5/h7-9,21,23-25H,1-6H3,(H,20,22). The second kappa shape index (κ2) is 8.36. The van der Waals surface area contributed by atoms with Crippen LogP contribution >= 0.6 is 15.9 Å². The van der Waals surface area contributed by atoms with Crippen molar-refractivity contribution >= 4 is 29.7 Å². The lowest BCUT2D eigenvalue weighted by Gasteiger charge is -2.40. The van der Waals surface area contributed by atoms with Crippen molar-refractivity contribution in [3.8, 4) is 11.5 Å². The summed E-state index contributed by atoms with van der Waals surface area (Å²) in [6.07, 6.45) is -0.926. The summed E-state index contributed by atoms with van der Waals surface area (Å²) in [5.41, 5.74) is -3.55. The summed E-state index contributed by atoms with van der Waals surface area (Å²) in [5.74, 6) is -2.97. The highest BCUT2D eigenvalue weighted by Crippen LogP contribution is 2.40. The fourth-order valence-electron chi connectivity index (χ4n) is 2.21. The van der Waals surface area contributed by atoms with Gasteiger partial charge in [0.15, 0.2) is 0 Å². The van der Waals surface area contributed by atoms with Gasteiger partial charge in [-0.15, -0.1) is 0 Å². The summed E-state index contributed by atoms with van der Waals surface area (Å²) in [6.45, 7) is 6.59. The molecule has 0 aliphatic rings. The predicted molar refractivity (Wildman–Crippen MR) is 104 cm³/mol. The van der Waals surface area contributed by atoms with Gasteiger partial charge in [0.1, 0.15) is 24.8 Å². The van der Waals surface area contributed by atoms with Crippen LogP contribution in [0.2, 0.25) is 0 Å². The topological polar surface area (TPSA) is 120 Å². The highest BCUT2D eigenvalue weighted by molar-refractivity contribution is 9.10. The molecule has 0 saturated carbocycles. The maximum Gasteiger partial charge on any atom is 0.249 e. The number of benzene rings is 1. The zero-order chi connectivity index (χ0) is 21.2. The Morgan fingerprint density at radius 3 is 2.11 bits per heavy atom. The molecule has 0 spiro atoms. The van der Waals surface area contributed by atoms with Gasteiger partial charge in [-0.05, 0) is 35.0 Å². The summed E-state index contributed by atoms with van der Waals surface area (Å²) in [6, 6.07) is 2.77. The van der Waals surface area contributed by atoms with E-state index in [1.165, 1.54) is 33.3 Å². The lowest BCUT2D eigenvalue weighted by Crippen LogP contribution is -2.66. The Morgan fingerprint density at radius 2 is 1.67 bits per heavy atom. The molecule has 150 valence electrons. The van der Waals surface area contributed by atoms with Gasteiger partial charge in [0.25, 0.3) is 0 Å². The number of carbonyl (C=O) groups is 1. The molecule has 10 heteroatoms. The van der Waals surface area contributed by atoms with Gasteiger partial charge < -0.3 is 30.1 Å². The fourth-order valence-corrected chi connectivity index (χ4v) is 2.69. The summed E-state index contributed by atoms with van der Waals surface area (Å²) in [5, 5.41) is 36.5. The number of amides is 1. The van der Waals surface area contributed by atoms with E-state index < -0.39 is 23.0 Å². The van der Waals surface area contributed by atoms with E-state index in [0.717, 1.165) is 0 Å². The van der Waals surface area contributed by atoms with E-state index in [9.17, 15) is 20.1 Å². The molecule has 2 unspecified atom stereocenters. The molecule has 0 saturated heterocycles. The molecule has 1 amide bonds. The Balaban J connectivity index is 3.19. The summed E-state index contributed by atoms with van der Waals surface area (Å²) >= 11 is 3.27. The van der Waals surface area contributed by atoms with Crippen LogP contribution in [0.1, 0.15) is 33.3 Å². The number of hydrogen-bond donors (Lipinski definition) is 5. The second-order valence-electron chi connectivity index (χ2n) is 7.22. The van der Waals surface area contributed by atoms with E-state index >= 15 is 0 Å². The van der Waals surface area contributed by atoms with E-state index in [1.807, 2.05) is 0 Å². The molecular weight excluding hydrogens is 419 g/mol. The number of ether oxygens (including phenoxy) is 2. The van der Waals surface area contributed by atoms with Crippen LogP contribution in [0.25, 0.3) is 0 Å². The van der Waals surface area contributed by atoms with E-state index in [-0.39, 0.29) is 17.2 Å². The van der Waals surface area contributed by atoms with Crippen molar-refractivity contribution in [2.45, 2.75) is 45.3 Å². The van der Waals surface area contributed by atoms with Gasteiger partial charge in [0, 0.05) is 11.0 Å². The smallest absolute Gasteiger partial charge is 0.249 e. The largest absolute Gasteiger partial charge is 0.496 e. The van der Waals surface area contributed by atoms with Crippen LogP contribution < -0.4 is 20.1 Å². The lowest BCUT2D eigenvalue weighted by atomic mass is 9.71. The van der Waals surface area contributed by atoms with Crippen LogP contribution in [0.5, 0.6) is 11.5 Å². The van der Waals surface area contributed by atoms with Crippen molar-refractivity contribution in [2.24, 2.45) is 5.41 Å². The molecule has 0 aliphatic carbocycles. The zero-order valence-electron chi connectivity index (χ0n) is 16.3. The van der Waals surface area contributed by atoms with Gasteiger partial charge >= 0.3 is 0 Å². The van der Waals surface area contributed by atoms with Gasteiger partial charge in [-0.2, -0.15) is 0 Å². The van der Waals surface area contributed by atoms with Gasteiger partial charge in [-0.25, -0.2) is 5.32 Å². The van der Waals surface area contributed by atoms with Gasteiger partial charge in [0.2, 0.25) is 11.8 Å². The lowest BCUT2D eigenvalue weighted by molar-refractivity contribution is -0.272. The molecule has 2 radical (unpaired) electrons. The first-order valence-electron chi connectivity index (χ1n) is 8.14. The molecule has 0 aliphatic heterocycles. The number of halogens is 1. The summed E-state index contributed by atoms with van der Waals surface area (Å²) < 4.78 is 10.8. The maximum absolute atomic E-state index is 12.1. The monoisotopic (exact) mass is 444 g/mol. The first-order valence-corrected chi connectivity index (χ1v) is 8.93. The molecule has 1 aromatic rings. The van der Waals surface area contributed by atoms with Crippen molar-refractivity contribution < 1.29 is 29.6 Å². The Labute approximate surface area is 168 Å². The molecule has 0 aromatic heterocycles. The molecular formula is C17H26BBrN2O6. The number of aliphatic hydroxyl groups is 3. The molecule has 0 fully saturated rings. The zero-order valence-corrected chi connectivity index (χ0v) is 17.8. The van der Waals surface area contributed by atoms with Crippen LogP contribution in [-0.2, 0) is 10.3 Å². The Morgan fingerprint density at radius 1 is 1.15 bits per heavy atom. The van der Waals surface area contributed by atoms with Crippen molar-refractivity contribution in [3.63, 3.8) is 0 Å². The molecule has 1 aromatic carbocycles. The van der Waals surface area contributed by atoms with Gasteiger partial charge in [-0.3, -0.25) is 4.79 Å². The average molecular weight is 445 g/mol. The van der Waals surface area contributed by atoms with E-state index in [4.69, 9.17) is 17.3 Å². The molecule has 0 bridgehead atoms. The Kier molecular flexibility index (Phi) is 7.34. The summed E-state index contributed by atoms with van der Waals surface area (Å²) in [7, 11) is 8.60. The van der Waals surface area contributed by atoms with Gasteiger partial charge in [-0.1, -0.05) is 20.8 Å². The van der Waals surface area contributed by atoms with Crippen molar-refractivity contribution in [3.05, 3.63) is 22.2 Å². The third-order valence-corrected chi connectivity index (χ3v) is 4.48. The fraction of sp³-hybridized carbons (Fsp3) is 0.588. The first kappa shape index (κ1) is 23.7. The number of carbonyl (C=O) groups excluding carboxylic acids is 1. The number of hydrogen-bond acceptors (Lipinski definition) is 7. The van der Waals surface area contributed by atoms with Crippen molar-refractivity contribution in [1.29, 1.82) is 0 Å². The molecule has 5 N–H and O–H groups in total. The van der Waals surface area contributed by atoms with Crippen LogP contribution in [0.15, 0.2) is 16.6 Å². The third kappa shape index (κ3) is 5.35. The predicted octanol–water partition coefficient (Wildman–Crippen LogP) is 0.516. The minimum absolute atomic E-state index is 0.0910. The molecule has 0 heterocycles. The minimum Gasteiger partial charge on any atom is -0.496 e. The molecule has 8 nitrogen and oxygen atoms in total. The molecule has 2 atom stereocenters. The van der Waals surface area contributed by atoms with Crippen LogP contribution in [0.4, 0.5) is 0 Å². The van der Waals surface area contributed by atoms with Crippen molar-refractivity contribution in [1.82, 2.24) is 10.6 Å². The Bertz CT molecular complexity index is 691. The molecule has 1 rings (SSSR count). The Hall–Kier alpha value is -1.33. The average Bonchev–Trinajstić information content (AvgIpc) is 2.52. The number of methoxy groups -OCH3 is 2. The van der Waals surface area contributed by atoms with E-state index in [2.05, 4.69) is 26.6 Å². The highest BCUT2D eigenvalue weighted by atomic mass is 79.9. The maximum atomic E-state index is 12.1. The van der Waals surface area contributed by atoms with E-state index in [1.54, 1.807) is 20.8 Å². The van der Waals surface area contributed by atoms with Crippen molar-refractivity contribution in [2.75, 3.05) is 14.2 Å². The van der Waals surface area contributed by atoms with Crippen LogP contribution in [0.3, 0.4) is 0 Å². The minimum atomic E-state index is -3.02. The number of rotatable bonds is 7. The second-order valence-corrected chi connectivity index (χ2v) is 8.07. The van der Waals surface area contributed by atoms with Crippen LogP contribution in [0, 0.1) is 5.41 Å². The highest BCUT2D eigenvalue weighted by Gasteiger charge is 2.48. The van der Waals surface area contributed by atoms with E-state index in [0.29, 0.717) is 10.2 Å². The SMILES string of the molecule is [B]C(O)(c1cc(OC)c(Br)cc1OC)C(O)(O)NC(C)NC(=O)C(C)(C)C. The number of nitrogens with one attached hydrogen (secondary N) is 2. The normalized spacial score (nSPS) is 15.6. The van der Waals surface area contributed by atoms with Gasteiger partial charge in [0.05, 0.1) is 24.9 Å². The first-order chi connectivity index (χ1) is 12.2. The molecule has 27 heavy (non-hydrogen) atoms. The third-order valence-electron chi connectivity index (χ3n) is 3.86. The summed E-state index contributed by atoms with van der Waals surface area (Å²) in [4.78, 5) is 12.1. The quantitative estimate of drug-likeness (QED) is 0.307. The van der Waals surface area contributed by atoms with Crippen LogP contribution in [-0.4, -0.2) is 55.4 Å².